The van der Waals surface area contributed by atoms with E-state index in [1.807, 2.05) is 0 Å². The first-order chi connectivity index (χ1) is 37.1. The topological polar surface area (TPSA) is 213 Å². The molecule has 29 atom stereocenters. The summed E-state index contributed by atoms with van der Waals surface area (Å²) in [5, 5.41) is 21.3. The number of hydrogen-bond acceptors (Lipinski definition) is 18. The van der Waals surface area contributed by atoms with Crippen molar-refractivity contribution in [3.63, 3.8) is 0 Å². The number of esters is 1. The number of hydrogen-bond donors (Lipinski definition) is 2. The summed E-state index contributed by atoms with van der Waals surface area (Å²) in [5.74, 6) is -4.49. The van der Waals surface area contributed by atoms with Crippen LogP contribution in [0.3, 0.4) is 0 Å². The van der Waals surface area contributed by atoms with Crippen LogP contribution >= 0.6 is 0 Å². The molecule has 1 aliphatic carbocycles. The summed E-state index contributed by atoms with van der Waals surface area (Å²) in [4.78, 5) is 25.8. The van der Waals surface area contributed by atoms with E-state index in [-0.39, 0.29) is 122 Å². The predicted octanol–water partition coefficient (Wildman–Crippen LogP) is 5.76. The van der Waals surface area contributed by atoms with Crippen molar-refractivity contribution in [1.82, 2.24) is 0 Å². The smallest absolute Gasteiger partial charge is 0.308 e. The number of aliphatic carboxylic acids is 1. The Labute approximate surface area is 450 Å². The molecule has 4 unspecified atom stereocenters. The Balaban J connectivity index is 0.631. The molecule has 15 saturated heterocycles. The van der Waals surface area contributed by atoms with Crippen molar-refractivity contribution in [2.24, 2.45) is 17.8 Å². The highest BCUT2D eigenvalue weighted by Gasteiger charge is 3.04. The first-order valence-electron chi connectivity index (χ1n) is 29.9. The molecule has 15 heterocycles. The minimum Gasteiger partial charge on any atom is -0.481 e. The third kappa shape index (κ3) is 8.41. The molecular formula is C58H80O19. The molecule has 16 aliphatic rings. The SMILES string of the molecule is C=C1C[C@@H]2CC[C@]34O[C@H]5[C@H]6O[C@H](CC[C@@H]6O[C@@H]6[C@H]5OC5(O)[C@H]3C65O4)CC(=O)O[C@@H]3CC4OC5C[C@H](O[C@H]6CC[C@@]7(C[C@H](C)[C@@H]8O[C@H](CC(=O)O)CC[C@@H]8O7)O[C@H]6CC)O[C@@H]5C[C@@H]4O[C@H]3C[C@H]3O[C@@H](CC[C@@H]1O2)C[C@@H](C)C3=C. The van der Waals surface area contributed by atoms with Gasteiger partial charge in [0.1, 0.15) is 36.4 Å². The zero-order valence-corrected chi connectivity index (χ0v) is 44.8. The van der Waals surface area contributed by atoms with Gasteiger partial charge < -0.3 is 81.3 Å². The third-order valence-corrected chi connectivity index (χ3v) is 21.3. The van der Waals surface area contributed by atoms with Gasteiger partial charge in [-0.15, -0.1) is 0 Å². The highest BCUT2D eigenvalue weighted by Crippen LogP contribution is 2.82. The van der Waals surface area contributed by atoms with E-state index in [0.717, 1.165) is 56.1 Å². The Morgan fingerprint density at radius 1 is 0.662 bits per heavy atom. The second-order valence-corrected chi connectivity index (χ2v) is 26.2. The van der Waals surface area contributed by atoms with Crippen molar-refractivity contribution in [3.8, 4) is 0 Å². The molecule has 13 bridgehead atoms. The lowest BCUT2D eigenvalue weighted by molar-refractivity contribution is -0.370. The number of fused-ring (bicyclic) bond motifs is 9. The lowest BCUT2D eigenvalue weighted by Gasteiger charge is -2.54. The summed E-state index contributed by atoms with van der Waals surface area (Å²) in [6, 6.07) is 0. The molecular weight excluding hydrogens is 1000 g/mol. The van der Waals surface area contributed by atoms with E-state index >= 15 is 0 Å². The Morgan fingerprint density at radius 3 is 2.25 bits per heavy atom. The highest BCUT2D eigenvalue weighted by molar-refractivity contribution is 5.70. The van der Waals surface area contributed by atoms with Gasteiger partial charge in [0, 0.05) is 44.9 Å². The molecule has 426 valence electrons. The molecule has 1 saturated carbocycles. The van der Waals surface area contributed by atoms with Crippen molar-refractivity contribution in [2.75, 3.05) is 0 Å². The predicted molar refractivity (Wildman–Crippen MR) is 264 cm³/mol. The second-order valence-electron chi connectivity index (χ2n) is 26.2. The zero-order valence-electron chi connectivity index (χ0n) is 44.8. The molecule has 0 aromatic carbocycles. The number of carbonyl (C=O) groups is 2. The van der Waals surface area contributed by atoms with E-state index < -0.39 is 77.9 Å². The van der Waals surface area contributed by atoms with Gasteiger partial charge in [-0.3, -0.25) is 9.59 Å². The molecule has 0 aromatic heterocycles. The van der Waals surface area contributed by atoms with Gasteiger partial charge in [0.25, 0.3) is 0 Å². The van der Waals surface area contributed by atoms with Crippen LogP contribution in [0, 0.1) is 17.8 Å². The van der Waals surface area contributed by atoms with Gasteiger partial charge in [-0.2, -0.15) is 0 Å². The first-order valence-corrected chi connectivity index (χ1v) is 29.9. The first kappa shape index (κ1) is 51.7. The minimum absolute atomic E-state index is 0.00688. The van der Waals surface area contributed by atoms with Crippen molar-refractivity contribution in [3.05, 3.63) is 24.3 Å². The number of carboxylic acid groups (broad SMARTS) is 1. The number of carbonyl (C=O) groups excluding carboxylic acids is 1. The lowest BCUT2D eigenvalue weighted by Crippen LogP contribution is -2.62. The monoisotopic (exact) mass is 1080 g/mol. The van der Waals surface area contributed by atoms with Crippen LogP contribution in [-0.2, 0) is 80.6 Å². The average molecular weight is 1080 g/mol. The molecule has 0 radical (unpaired) electrons. The zero-order chi connectivity index (χ0) is 52.5. The van der Waals surface area contributed by atoms with Gasteiger partial charge in [-0.25, -0.2) is 0 Å². The van der Waals surface area contributed by atoms with Crippen LogP contribution in [0.1, 0.15) is 149 Å². The molecule has 3 spiro atoms. The van der Waals surface area contributed by atoms with Crippen LogP contribution < -0.4 is 0 Å². The molecule has 19 nitrogen and oxygen atoms in total. The molecule has 15 aliphatic heterocycles. The standard InChI is InChI=1S/C58H80O19/c1-6-34-36(14-15-55(73-34)25-28(4)49-38(74-55)12-9-31(65-49)19-46(59)60)70-48-24-45-44(71-48)23-42-41(68-45)22-43-40(67-42)21-39-29(5)26(2)17-30(64-39)7-10-35-27(3)18-33(63-35)13-16-56-54-57(77-56)53-52(76-58(54,57)62)51(75-56)50-37(72-53)11-8-32(66-50)20-47(61)69-43/h26,28,30-45,48-54,62H,3,5-25H2,1-2,4H3,(H,59,60)/t26-,28+,30+,31+,32-,33+,34+,35+,36+,37+,38+,39-,40+,41?,42+,43-,44-,45?,48-,49+,50+,51+,52+,53-,54-,55-,56-,57?,58?/m1/s1. The summed E-state index contributed by atoms with van der Waals surface area (Å²) < 4.78 is 101. The van der Waals surface area contributed by atoms with Gasteiger partial charge in [-0.05, 0) is 93.6 Å². The van der Waals surface area contributed by atoms with Crippen molar-refractivity contribution >= 4 is 11.9 Å². The van der Waals surface area contributed by atoms with Gasteiger partial charge >= 0.3 is 11.9 Å². The van der Waals surface area contributed by atoms with Crippen LogP contribution in [0.15, 0.2) is 24.3 Å². The van der Waals surface area contributed by atoms with Crippen molar-refractivity contribution < 1.29 is 90.9 Å². The number of rotatable bonds is 5. The fourth-order valence-corrected chi connectivity index (χ4v) is 17.6. The maximum Gasteiger partial charge on any atom is 0.308 e. The Hall–Kier alpha value is -2.18. The lowest BCUT2D eigenvalue weighted by atomic mass is 9.81. The van der Waals surface area contributed by atoms with E-state index in [2.05, 4.69) is 33.9 Å². The van der Waals surface area contributed by atoms with E-state index in [4.69, 9.17) is 71.1 Å². The molecule has 0 amide bonds. The van der Waals surface area contributed by atoms with Crippen LogP contribution in [0.25, 0.3) is 0 Å². The Kier molecular flexibility index (Phi) is 12.7. The summed E-state index contributed by atoms with van der Waals surface area (Å²) in [5.41, 5.74) is 1.16. The normalized spacial score (nSPS) is 57.3. The number of carboxylic acids is 1. The average Bonchev–Trinajstić information content (AvgIpc) is 1.53. The van der Waals surface area contributed by atoms with E-state index in [9.17, 15) is 19.8 Å². The summed E-state index contributed by atoms with van der Waals surface area (Å²) in [6.07, 6.45) is 4.85. The molecule has 16 rings (SSSR count). The number of aliphatic hydroxyl groups is 1. The molecule has 2 N–H and O–H groups in total. The Bertz CT molecular complexity index is 2350. The second kappa shape index (κ2) is 18.9. The quantitative estimate of drug-likeness (QED) is 0.247. The Morgan fingerprint density at radius 2 is 1.42 bits per heavy atom. The van der Waals surface area contributed by atoms with E-state index in [1.165, 1.54) is 0 Å². The van der Waals surface area contributed by atoms with Crippen LogP contribution in [-0.4, -0.2) is 180 Å². The van der Waals surface area contributed by atoms with Crippen molar-refractivity contribution in [1.29, 1.82) is 0 Å². The minimum atomic E-state index is -1.47. The summed E-state index contributed by atoms with van der Waals surface area (Å²) >= 11 is 0. The maximum atomic E-state index is 14.4. The van der Waals surface area contributed by atoms with Gasteiger partial charge in [0.2, 0.25) is 5.79 Å². The largest absolute Gasteiger partial charge is 0.481 e. The van der Waals surface area contributed by atoms with Gasteiger partial charge in [-0.1, -0.05) is 33.9 Å². The highest BCUT2D eigenvalue weighted by atomic mass is 16.8. The molecule has 77 heavy (non-hydrogen) atoms. The molecule has 16 fully saturated rings. The maximum absolute atomic E-state index is 14.4. The van der Waals surface area contributed by atoms with Crippen molar-refractivity contribution in [2.45, 2.75) is 307 Å². The molecule has 19 heteroatoms. The summed E-state index contributed by atoms with van der Waals surface area (Å²) in [7, 11) is 0. The van der Waals surface area contributed by atoms with Crippen LogP contribution in [0.4, 0.5) is 0 Å². The fourth-order valence-electron chi connectivity index (χ4n) is 17.6. The van der Waals surface area contributed by atoms with E-state index in [0.29, 0.717) is 70.6 Å². The van der Waals surface area contributed by atoms with Crippen LogP contribution in [0.5, 0.6) is 0 Å². The fraction of sp³-hybridized carbons (Fsp3) is 0.897. The number of ether oxygens (including phenoxy) is 15. The van der Waals surface area contributed by atoms with E-state index in [1.54, 1.807) is 0 Å². The van der Waals surface area contributed by atoms with Gasteiger partial charge in [0.15, 0.2) is 23.5 Å². The molecule has 0 aromatic rings. The van der Waals surface area contributed by atoms with Gasteiger partial charge in [0.05, 0.1) is 111 Å². The summed E-state index contributed by atoms with van der Waals surface area (Å²) in [6.45, 7) is 15.5. The van der Waals surface area contributed by atoms with Crippen LogP contribution in [0.2, 0.25) is 0 Å². The third-order valence-electron chi connectivity index (χ3n) is 21.3.